The lowest BCUT2D eigenvalue weighted by atomic mass is 10.0. The Morgan fingerprint density at radius 3 is 2.39 bits per heavy atom. The lowest BCUT2D eigenvalue weighted by molar-refractivity contribution is 0.0956. The van der Waals surface area contributed by atoms with Crippen LogP contribution in [0.4, 0.5) is 0 Å². The van der Waals surface area contributed by atoms with Gasteiger partial charge < -0.3 is 8.92 Å². The van der Waals surface area contributed by atoms with E-state index in [9.17, 15) is 13.2 Å². The molecule has 8 heteroatoms. The molecule has 0 fully saturated rings. The van der Waals surface area contributed by atoms with Crippen molar-refractivity contribution in [3.05, 3.63) is 102 Å². The van der Waals surface area contributed by atoms with E-state index in [1.165, 1.54) is 31.5 Å². The minimum atomic E-state index is -4.01. The van der Waals surface area contributed by atoms with Crippen LogP contribution in [0.25, 0.3) is 10.8 Å². The quantitative estimate of drug-likeness (QED) is 0.251. The number of nitrogens with one attached hydrogen (secondary N) is 1. The van der Waals surface area contributed by atoms with Gasteiger partial charge in [0.25, 0.3) is 5.91 Å². The second-order valence-electron chi connectivity index (χ2n) is 6.99. The number of nitrogens with zero attached hydrogens (tertiary/aromatic N) is 1. The van der Waals surface area contributed by atoms with E-state index >= 15 is 0 Å². The molecule has 0 radical (unpaired) electrons. The minimum Gasteiger partial charge on any atom is -0.493 e. The molecule has 166 valence electrons. The van der Waals surface area contributed by atoms with E-state index in [2.05, 4.69) is 10.5 Å². The van der Waals surface area contributed by atoms with E-state index in [0.717, 1.165) is 10.8 Å². The van der Waals surface area contributed by atoms with E-state index < -0.39 is 10.1 Å². The molecule has 0 bridgehead atoms. The molecule has 0 saturated heterocycles. The Hall–Kier alpha value is -4.17. The monoisotopic (exact) mass is 460 g/mol. The van der Waals surface area contributed by atoms with Crippen molar-refractivity contribution < 1.29 is 22.1 Å². The number of carbonyl (C=O) groups excluding carboxylic acids is 1. The highest BCUT2D eigenvalue weighted by molar-refractivity contribution is 7.87. The summed E-state index contributed by atoms with van der Waals surface area (Å²) >= 11 is 0. The smallest absolute Gasteiger partial charge is 0.339 e. The third-order valence-electron chi connectivity index (χ3n) is 4.83. The van der Waals surface area contributed by atoms with Crippen molar-refractivity contribution in [3.63, 3.8) is 0 Å². The fraction of sp³-hybridized carbons (Fsp3) is 0.0400. The van der Waals surface area contributed by atoms with Gasteiger partial charge in [-0.3, -0.25) is 4.79 Å². The second-order valence-corrected chi connectivity index (χ2v) is 8.53. The molecule has 0 aliphatic carbocycles. The molecule has 1 amide bonds. The van der Waals surface area contributed by atoms with Crippen molar-refractivity contribution in [2.24, 2.45) is 5.10 Å². The third kappa shape index (κ3) is 5.02. The molecule has 4 aromatic rings. The first kappa shape index (κ1) is 22.0. The maximum Gasteiger partial charge on any atom is 0.339 e. The Balaban J connectivity index is 1.49. The van der Waals surface area contributed by atoms with Crippen LogP contribution in [-0.2, 0) is 10.1 Å². The Morgan fingerprint density at radius 1 is 0.879 bits per heavy atom. The van der Waals surface area contributed by atoms with Crippen molar-refractivity contribution in [1.82, 2.24) is 5.43 Å². The summed E-state index contributed by atoms with van der Waals surface area (Å²) in [5.41, 5.74) is 3.60. The van der Waals surface area contributed by atoms with E-state index in [-0.39, 0.29) is 22.3 Å². The van der Waals surface area contributed by atoms with Crippen LogP contribution >= 0.6 is 0 Å². The zero-order chi connectivity index (χ0) is 23.3. The highest BCUT2D eigenvalue weighted by Crippen LogP contribution is 2.30. The van der Waals surface area contributed by atoms with Crippen LogP contribution < -0.4 is 14.3 Å². The maximum absolute atomic E-state index is 12.6. The van der Waals surface area contributed by atoms with Crippen LogP contribution in [0.5, 0.6) is 11.5 Å². The van der Waals surface area contributed by atoms with Gasteiger partial charge in [0.15, 0.2) is 11.5 Å². The fourth-order valence-corrected chi connectivity index (χ4v) is 4.20. The summed E-state index contributed by atoms with van der Waals surface area (Å²) in [5, 5.41) is 5.80. The van der Waals surface area contributed by atoms with Gasteiger partial charge in [0.1, 0.15) is 4.90 Å². The summed E-state index contributed by atoms with van der Waals surface area (Å²) in [6.07, 6.45) is 1.43. The molecule has 0 heterocycles. The summed E-state index contributed by atoms with van der Waals surface area (Å²) in [6.45, 7) is 0. The van der Waals surface area contributed by atoms with Gasteiger partial charge in [-0.15, -0.1) is 0 Å². The molecule has 0 aromatic heterocycles. The number of methoxy groups -OCH3 is 1. The third-order valence-corrected chi connectivity index (χ3v) is 6.08. The van der Waals surface area contributed by atoms with Crippen molar-refractivity contribution in [3.8, 4) is 11.5 Å². The summed E-state index contributed by atoms with van der Waals surface area (Å²) in [5.74, 6) is -0.0962. The van der Waals surface area contributed by atoms with E-state index in [1.54, 1.807) is 36.4 Å². The Kier molecular flexibility index (Phi) is 6.37. The van der Waals surface area contributed by atoms with E-state index in [0.29, 0.717) is 11.1 Å². The van der Waals surface area contributed by atoms with Gasteiger partial charge >= 0.3 is 10.1 Å². The minimum absolute atomic E-state index is 0.0360. The molecule has 7 nitrogen and oxygen atoms in total. The van der Waals surface area contributed by atoms with Gasteiger partial charge in [-0.1, -0.05) is 54.6 Å². The lowest BCUT2D eigenvalue weighted by Crippen LogP contribution is -2.17. The first-order valence-electron chi connectivity index (χ1n) is 9.97. The van der Waals surface area contributed by atoms with Gasteiger partial charge in [0, 0.05) is 5.56 Å². The Labute approximate surface area is 191 Å². The van der Waals surface area contributed by atoms with Crippen LogP contribution in [0.2, 0.25) is 0 Å². The first-order chi connectivity index (χ1) is 16.0. The van der Waals surface area contributed by atoms with Gasteiger partial charge in [-0.25, -0.2) is 5.43 Å². The van der Waals surface area contributed by atoms with Crippen LogP contribution in [0.15, 0.2) is 101 Å². The molecule has 4 rings (SSSR count). The number of ether oxygens (including phenoxy) is 1. The topological polar surface area (TPSA) is 94.1 Å². The molecular weight excluding hydrogens is 440 g/mol. The van der Waals surface area contributed by atoms with Crippen LogP contribution in [-0.4, -0.2) is 27.6 Å². The SMILES string of the molecule is COc1cc(/C=N\NC(=O)c2cccc3ccccc23)ccc1OS(=O)(=O)c1ccccc1. The standard InChI is InChI=1S/C25H20N2O5S/c1-31-24-16-18(14-15-23(24)32-33(29,30)20-10-3-2-4-11-20)17-26-27-25(28)22-13-7-9-19-8-5-6-12-21(19)22/h2-17H,1H3,(H,27,28)/b26-17-. The predicted octanol–water partition coefficient (Wildman–Crippen LogP) is 4.38. The average Bonchev–Trinajstić information content (AvgIpc) is 2.84. The van der Waals surface area contributed by atoms with Crippen molar-refractivity contribution in [2.45, 2.75) is 4.90 Å². The van der Waals surface area contributed by atoms with Gasteiger partial charge in [-0.05, 0) is 52.7 Å². The lowest BCUT2D eigenvalue weighted by Gasteiger charge is -2.11. The molecular formula is C25H20N2O5S. The Bertz CT molecular complexity index is 1430. The average molecular weight is 461 g/mol. The number of benzene rings is 4. The van der Waals surface area contributed by atoms with E-state index in [1.807, 2.05) is 36.4 Å². The van der Waals surface area contributed by atoms with Crippen molar-refractivity contribution in [2.75, 3.05) is 7.11 Å². The number of amides is 1. The van der Waals surface area contributed by atoms with Crippen molar-refractivity contribution >= 4 is 33.0 Å². The summed E-state index contributed by atoms with van der Waals surface area (Å²) in [4.78, 5) is 12.6. The molecule has 1 N–H and O–H groups in total. The Morgan fingerprint density at radius 2 is 1.61 bits per heavy atom. The van der Waals surface area contributed by atoms with Crippen molar-refractivity contribution in [1.29, 1.82) is 0 Å². The van der Waals surface area contributed by atoms with Crippen LogP contribution in [0.1, 0.15) is 15.9 Å². The molecule has 0 saturated carbocycles. The number of hydrogen-bond donors (Lipinski definition) is 1. The summed E-state index contributed by atoms with van der Waals surface area (Å²) in [6, 6.07) is 25.5. The summed E-state index contributed by atoms with van der Waals surface area (Å²) < 4.78 is 35.5. The first-order valence-corrected chi connectivity index (χ1v) is 11.4. The highest BCUT2D eigenvalue weighted by Gasteiger charge is 2.19. The number of hydrazone groups is 1. The fourth-order valence-electron chi connectivity index (χ4n) is 3.24. The number of hydrogen-bond acceptors (Lipinski definition) is 6. The number of fused-ring (bicyclic) bond motifs is 1. The van der Waals surface area contributed by atoms with E-state index in [4.69, 9.17) is 8.92 Å². The zero-order valence-electron chi connectivity index (χ0n) is 17.6. The molecule has 4 aromatic carbocycles. The van der Waals surface area contributed by atoms with Gasteiger partial charge in [0.2, 0.25) is 0 Å². The summed E-state index contributed by atoms with van der Waals surface area (Å²) in [7, 11) is -2.60. The van der Waals surface area contributed by atoms with Crippen LogP contribution in [0.3, 0.4) is 0 Å². The zero-order valence-corrected chi connectivity index (χ0v) is 18.5. The molecule has 0 aliphatic heterocycles. The molecule has 0 unspecified atom stereocenters. The molecule has 0 spiro atoms. The number of rotatable bonds is 7. The molecule has 0 aliphatic rings. The largest absolute Gasteiger partial charge is 0.493 e. The van der Waals surface area contributed by atoms with Crippen LogP contribution in [0, 0.1) is 0 Å². The highest BCUT2D eigenvalue weighted by atomic mass is 32.2. The molecule has 0 atom stereocenters. The maximum atomic E-state index is 12.6. The second kappa shape index (κ2) is 9.54. The van der Waals surface area contributed by atoms with Gasteiger partial charge in [0.05, 0.1) is 13.3 Å². The number of carbonyl (C=O) groups is 1. The predicted molar refractivity (Wildman–Crippen MR) is 126 cm³/mol. The normalized spacial score (nSPS) is 11.4. The molecule has 33 heavy (non-hydrogen) atoms. The van der Waals surface area contributed by atoms with Gasteiger partial charge in [-0.2, -0.15) is 13.5 Å².